The number of oxime groups is 1. The van der Waals surface area contributed by atoms with Crippen LogP contribution in [0, 0.1) is 11.8 Å². The SMILES string of the molecule is CC[C@H](C)[C@@H](C(=O)N[C@@H](Cc1ccccc1)[C@H](O)CN(CC(C)C)S(=O)(=O)c1ccc(C=NO)cc1)N1CCN(Cc2cc(COC)ccn2)C1=O. The van der Waals surface area contributed by atoms with E-state index >= 15 is 0 Å². The molecular formula is C38H52N6O7S. The van der Waals surface area contributed by atoms with Crippen molar-refractivity contribution in [3.05, 3.63) is 95.3 Å². The Bertz CT molecular complexity index is 1740. The number of nitrogens with one attached hydrogen (secondary N) is 1. The number of carbonyl (C=O) groups is 2. The number of methoxy groups -OCH3 is 1. The molecule has 1 aliphatic heterocycles. The fraction of sp³-hybridized carbons (Fsp3) is 0.474. The van der Waals surface area contributed by atoms with Crippen LogP contribution in [0.4, 0.5) is 4.79 Å². The lowest BCUT2D eigenvalue weighted by Crippen LogP contribution is -2.57. The molecule has 3 aromatic rings. The van der Waals surface area contributed by atoms with E-state index in [2.05, 4.69) is 15.5 Å². The number of hydrogen-bond acceptors (Lipinski definition) is 9. The van der Waals surface area contributed by atoms with E-state index in [-0.39, 0.29) is 48.8 Å². The Kier molecular flexibility index (Phi) is 14.7. The summed E-state index contributed by atoms with van der Waals surface area (Å²) in [5, 5.41) is 26.7. The zero-order valence-electron chi connectivity index (χ0n) is 30.6. The molecule has 0 spiro atoms. The number of aromatic nitrogens is 1. The number of aliphatic hydroxyl groups is 1. The number of sulfonamides is 1. The third-order valence-corrected chi connectivity index (χ3v) is 11.1. The maximum atomic E-state index is 14.3. The van der Waals surface area contributed by atoms with Crippen LogP contribution in [0.15, 0.2) is 83.0 Å². The van der Waals surface area contributed by atoms with Crippen LogP contribution in [0.5, 0.6) is 0 Å². The van der Waals surface area contributed by atoms with Crippen molar-refractivity contribution in [3.63, 3.8) is 0 Å². The van der Waals surface area contributed by atoms with Gasteiger partial charge in [-0.15, -0.1) is 0 Å². The van der Waals surface area contributed by atoms with Gasteiger partial charge >= 0.3 is 6.03 Å². The normalized spacial score (nSPS) is 16.1. The molecule has 0 aliphatic carbocycles. The lowest BCUT2D eigenvalue weighted by atomic mass is 9.95. The number of ether oxygens (including phenoxy) is 1. The van der Waals surface area contributed by atoms with Gasteiger partial charge in [0.05, 0.1) is 42.1 Å². The molecule has 1 aliphatic rings. The fourth-order valence-corrected chi connectivity index (χ4v) is 8.00. The highest BCUT2D eigenvalue weighted by Crippen LogP contribution is 2.24. The fourth-order valence-electron chi connectivity index (χ4n) is 6.38. The first kappa shape index (κ1) is 40.4. The number of amides is 3. The van der Waals surface area contributed by atoms with Crippen molar-refractivity contribution in [1.29, 1.82) is 0 Å². The Morgan fingerprint density at radius 3 is 2.40 bits per heavy atom. The Labute approximate surface area is 307 Å². The molecular weight excluding hydrogens is 685 g/mol. The first-order valence-electron chi connectivity index (χ1n) is 17.7. The lowest BCUT2D eigenvalue weighted by Gasteiger charge is -2.35. The molecule has 1 fully saturated rings. The molecule has 0 saturated carbocycles. The molecule has 0 bridgehead atoms. The van der Waals surface area contributed by atoms with E-state index < -0.39 is 34.1 Å². The number of carbonyl (C=O) groups excluding carboxylic acids is 2. The first-order chi connectivity index (χ1) is 24.9. The first-order valence-corrected chi connectivity index (χ1v) is 19.1. The molecule has 2 aromatic carbocycles. The van der Waals surface area contributed by atoms with E-state index in [1.807, 2.05) is 70.2 Å². The summed E-state index contributed by atoms with van der Waals surface area (Å²) in [6, 6.07) is 17.1. The van der Waals surface area contributed by atoms with E-state index in [4.69, 9.17) is 9.94 Å². The Hall–Kier alpha value is -4.37. The smallest absolute Gasteiger partial charge is 0.321 e. The van der Waals surface area contributed by atoms with Gasteiger partial charge in [-0.25, -0.2) is 13.2 Å². The molecule has 0 radical (unpaired) electrons. The van der Waals surface area contributed by atoms with Gasteiger partial charge in [0, 0.05) is 39.5 Å². The molecule has 282 valence electrons. The van der Waals surface area contributed by atoms with Crippen LogP contribution in [-0.2, 0) is 39.1 Å². The van der Waals surface area contributed by atoms with Crippen molar-refractivity contribution < 1.29 is 33.1 Å². The molecule has 14 heteroatoms. The minimum Gasteiger partial charge on any atom is -0.411 e. The quantitative estimate of drug-likeness (QED) is 0.0940. The number of benzene rings is 2. The third kappa shape index (κ3) is 10.6. The van der Waals surface area contributed by atoms with Crippen molar-refractivity contribution in [1.82, 2.24) is 24.4 Å². The van der Waals surface area contributed by atoms with Crippen LogP contribution in [0.3, 0.4) is 0 Å². The topological polar surface area (TPSA) is 165 Å². The number of hydrogen-bond donors (Lipinski definition) is 3. The minimum absolute atomic E-state index is 0.0219. The Balaban J connectivity index is 1.58. The van der Waals surface area contributed by atoms with Crippen molar-refractivity contribution in [2.45, 2.75) is 76.8 Å². The molecule has 3 N–H and O–H groups in total. The monoisotopic (exact) mass is 736 g/mol. The van der Waals surface area contributed by atoms with E-state index in [1.54, 1.807) is 23.1 Å². The van der Waals surface area contributed by atoms with Gasteiger partial charge < -0.3 is 30.2 Å². The highest BCUT2D eigenvalue weighted by molar-refractivity contribution is 7.89. The summed E-state index contributed by atoms with van der Waals surface area (Å²) in [5.41, 5.74) is 3.03. The van der Waals surface area contributed by atoms with Crippen molar-refractivity contribution >= 4 is 28.2 Å². The van der Waals surface area contributed by atoms with Gasteiger partial charge in [0.1, 0.15) is 6.04 Å². The van der Waals surface area contributed by atoms with Gasteiger partial charge in [-0.3, -0.25) is 9.78 Å². The standard InChI is InChI=1S/C38H52N6O7S/c1-6-28(4)36(44-19-18-42(38(44)47)24-32-20-31(26-51-5)16-17-39-32)37(46)41-34(21-29-10-8-7-9-11-29)35(45)25-43(23-27(2)3)52(49,50)33-14-12-30(13-15-33)22-40-48/h7-17,20,22,27-28,34-36,45,48H,6,18-19,21,23-26H2,1-5H3,(H,41,46)/t28-,34-,35+,36-/m0/s1. The van der Waals surface area contributed by atoms with Crippen molar-refractivity contribution in [3.8, 4) is 0 Å². The zero-order chi connectivity index (χ0) is 37.8. The molecule has 13 nitrogen and oxygen atoms in total. The van der Waals surface area contributed by atoms with Gasteiger partial charge in [-0.05, 0) is 59.2 Å². The number of rotatable bonds is 19. The van der Waals surface area contributed by atoms with Gasteiger partial charge in [0.15, 0.2) is 0 Å². The molecule has 52 heavy (non-hydrogen) atoms. The Morgan fingerprint density at radius 1 is 1.06 bits per heavy atom. The summed E-state index contributed by atoms with van der Waals surface area (Å²) in [7, 11) is -2.45. The van der Waals surface area contributed by atoms with Crippen LogP contribution in [0.25, 0.3) is 0 Å². The summed E-state index contributed by atoms with van der Waals surface area (Å²) < 4.78 is 34.3. The Morgan fingerprint density at radius 2 is 1.77 bits per heavy atom. The molecule has 3 amide bonds. The lowest BCUT2D eigenvalue weighted by molar-refractivity contribution is -0.128. The predicted octanol–water partition coefficient (Wildman–Crippen LogP) is 4.12. The highest BCUT2D eigenvalue weighted by Gasteiger charge is 2.41. The maximum Gasteiger partial charge on any atom is 0.321 e. The molecule has 1 saturated heterocycles. The van der Waals surface area contributed by atoms with Crippen LogP contribution in [0.1, 0.15) is 56.5 Å². The largest absolute Gasteiger partial charge is 0.411 e. The molecule has 0 unspecified atom stereocenters. The number of urea groups is 1. The molecule has 2 heterocycles. The van der Waals surface area contributed by atoms with Crippen molar-refractivity contribution in [2.24, 2.45) is 17.0 Å². The van der Waals surface area contributed by atoms with Crippen LogP contribution < -0.4 is 5.32 Å². The van der Waals surface area contributed by atoms with E-state index in [0.717, 1.165) is 16.8 Å². The van der Waals surface area contributed by atoms with E-state index in [9.17, 15) is 23.1 Å². The summed E-state index contributed by atoms with van der Waals surface area (Å²) in [6.07, 6.45) is 2.44. The van der Waals surface area contributed by atoms with Gasteiger partial charge in [-0.1, -0.05) is 81.7 Å². The van der Waals surface area contributed by atoms with Gasteiger partial charge in [0.2, 0.25) is 15.9 Å². The molecule has 1 aromatic heterocycles. The maximum absolute atomic E-state index is 14.3. The predicted molar refractivity (Wildman–Crippen MR) is 198 cm³/mol. The van der Waals surface area contributed by atoms with Crippen LogP contribution in [0.2, 0.25) is 0 Å². The number of aliphatic hydroxyl groups excluding tert-OH is 1. The van der Waals surface area contributed by atoms with Crippen LogP contribution >= 0.6 is 0 Å². The molecule has 4 atom stereocenters. The average molecular weight is 737 g/mol. The number of pyridine rings is 1. The summed E-state index contributed by atoms with van der Waals surface area (Å²) in [5.74, 6) is -0.691. The van der Waals surface area contributed by atoms with E-state index in [1.165, 1.54) is 34.8 Å². The number of nitrogens with zero attached hydrogens (tertiary/aromatic N) is 5. The second kappa shape index (κ2) is 18.9. The van der Waals surface area contributed by atoms with Gasteiger partial charge in [-0.2, -0.15) is 4.31 Å². The second-order valence-electron chi connectivity index (χ2n) is 13.7. The summed E-state index contributed by atoms with van der Waals surface area (Å²) in [4.78, 5) is 35.9. The minimum atomic E-state index is -4.07. The second-order valence-corrected chi connectivity index (χ2v) is 15.7. The summed E-state index contributed by atoms with van der Waals surface area (Å²) >= 11 is 0. The van der Waals surface area contributed by atoms with Gasteiger partial charge in [0.25, 0.3) is 0 Å². The zero-order valence-corrected chi connectivity index (χ0v) is 31.4. The highest BCUT2D eigenvalue weighted by atomic mass is 32.2. The summed E-state index contributed by atoms with van der Waals surface area (Å²) in [6.45, 7) is 8.98. The average Bonchev–Trinajstić information content (AvgIpc) is 3.47. The van der Waals surface area contributed by atoms with Crippen LogP contribution in [-0.4, -0.2) is 107 Å². The van der Waals surface area contributed by atoms with Crippen molar-refractivity contribution in [2.75, 3.05) is 33.3 Å². The third-order valence-electron chi connectivity index (χ3n) is 9.23. The molecule has 4 rings (SSSR count). The van der Waals surface area contributed by atoms with E-state index in [0.29, 0.717) is 31.7 Å².